The van der Waals surface area contributed by atoms with Crippen molar-refractivity contribution in [1.82, 2.24) is 4.90 Å². The third-order valence-corrected chi connectivity index (χ3v) is 4.79. The summed E-state index contributed by atoms with van der Waals surface area (Å²) in [6, 6.07) is 9.69. The highest BCUT2D eigenvalue weighted by atomic mass is 79.9. The average Bonchev–Trinajstić information content (AvgIpc) is 3.25. The number of halogens is 1. The summed E-state index contributed by atoms with van der Waals surface area (Å²) in [5.41, 5.74) is 7.43. The second kappa shape index (κ2) is 5.32. The summed E-state index contributed by atoms with van der Waals surface area (Å²) in [6.45, 7) is 1.96. The van der Waals surface area contributed by atoms with Crippen molar-refractivity contribution in [3.05, 3.63) is 34.3 Å². The van der Waals surface area contributed by atoms with Crippen molar-refractivity contribution in [3.8, 4) is 0 Å². The molecule has 0 radical (unpaired) electrons. The van der Waals surface area contributed by atoms with Crippen LogP contribution in [0.15, 0.2) is 28.7 Å². The Morgan fingerprint density at radius 2 is 1.94 bits per heavy atom. The molecule has 0 aromatic heterocycles. The Kier molecular flexibility index (Phi) is 3.73. The molecule has 0 saturated heterocycles. The predicted molar refractivity (Wildman–Crippen MR) is 78.4 cm³/mol. The normalized spacial score (nSPS) is 21.3. The van der Waals surface area contributed by atoms with E-state index in [0.717, 1.165) is 12.0 Å². The van der Waals surface area contributed by atoms with E-state index in [-0.39, 0.29) is 0 Å². The number of rotatable bonds is 6. The maximum atomic E-state index is 6.07. The number of hydrogen-bond acceptors (Lipinski definition) is 2. The standard InChI is InChI=1S/C15H21BrN2/c16-14-4-2-1-3-13(14)15(9-17)18(12-7-8-12)10-11-5-6-11/h1-4,11-12,15H,5-10,17H2. The predicted octanol–water partition coefficient (Wildman–Crippen LogP) is 3.32. The molecule has 1 aromatic rings. The summed E-state index contributed by atoms with van der Waals surface area (Å²) in [7, 11) is 0. The fraction of sp³-hybridized carbons (Fsp3) is 0.600. The topological polar surface area (TPSA) is 29.3 Å². The van der Waals surface area contributed by atoms with Crippen molar-refractivity contribution >= 4 is 15.9 Å². The van der Waals surface area contributed by atoms with Crippen LogP contribution in [0.25, 0.3) is 0 Å². The lowest BCUT2D eigenvalue weighted by Gasteiger charge is -2.32. The summed E-state index contributed by atoms with van der Waals surface area (Å²) in [5, 5.41) is 0. The highest BCUT2D eigenvalue weighted by Gasteiger charge is 2.37. The fourth-order valence-corrected chi connectivity index (χ4v) is 3.27. The fourth-order valence-electron chi connectivity index (χ4n) is 2.72. The average molecular weight is 309 g/mol. The SMILES string of the molecule is NCC(c1ccccc1Br)N(CC1CC1)C1CC1. The van der Waals surface area contributed by atoms with Gasteiger partial charge in [0.2, 0.25) is 0 Å². The van der Waals surface area contributed by atoms with Gasteiger partial charge in [-0.2, -0.15) is 0 Å². The molecule has 2 nitrogen and oxygen atoms in total. The Morgan fingerprint density at radius 1 is 1.22 bits per heavy atom. The van der Waals surface area contributed by atoms with Crippen LogP contribution in [0.4, 0.5) is 0 Å². The third kappa shape index (κ3) is 2.79. The first-order valence-electron chi connectivity index (χ1n) is 7.00. The van der Waals surface area contributed by atoms with E-state index in [1.807, 2.05) is 0 Å². The lowest BCUT2D eigenvalue weighted by Crippen LogP contribution is -2.37. The van der Waals surface area contributed by atoms with Crippen LogP contribution in [-0.2, 0) is 0 Å². The second-order valence-electron chi connectivity index (χ2n) is 5.64. The lowest BCUT2D eigenvalue weighted by atomic mass is 10.0. The molecule has 0 bridgehead atoms. The molecule has 1 unspecified atom stereocenters. The van der Waals surface area contributed by atoms with Crippen LogP contribution >= 0.6 is 15.9 Å². The molecule has 18 heavy (non-hydrogen) atoms. The number of nitrogens with two attached hydrogens (primary N) is 1. The van der Waals surface area contributed by atoms with Crippen LogP contribution in [0.3, 0.4) is 0 Å². The van der Waals surface area contributed by atoms with E-state index in [2.05, 4.69) is 45.1 Å². The molecule has 0 spiro atoms. The zero-order valence-electron chi connectivity index (χ0n) is 10.7. The molecule has 1 aromatic carbocycles. The molecule has 2 aliphatic carbocycles. The molecule has 3 heteroatoms. The smallest absolute Gasteiger partial charge is 0.0484 e. The van der Waals surface area contributed by atoms with E-state index in [9.17, 15) is 0 Å². The molecule has 0 heterocycles. The van der Waals surface area contributed by atoms with Gasteiger partial charge in [-0.3, -0.25) is 4.90 Å². The maximum absolute atomic E-state index is 6.07. The minimum absolute atomic E-state index is 0.383. The molecular formula is C15H21BrN2. The quantitative estimate of drug-likeness (QED) is 0.873. The van der Waals surface area contributed by atoms with Gasteiger partial charge >= 0.3 is 0 Å². The molecule has 0 aliphatic heterocycles. The molecule has 98 valence electrons. The van der Waals surface area contributed by atoms with Gasteiger partial charge in [0.25, 0.3) is 0 Å². The van der Waals surface area contributed by atoms with Crippen LogP contribution in [0.5, 0.6) is 0 Å². The van der Waals surface area contributed by atoms with Gasteiger partial charge in [0, 0.05) is 29.6 Å². The molecule has 0 amide bonds. The van der Waals surface area contributed by atoms with Crippen molar-refractivity contribution in [3.63, 3.8) is 0 Å². The van der Waals surface area contributed by atoms with Crippen LogP contribution in [0, 0.1) is 5.92 Å². The highest BCUT2D eigenvalue weighted by Crippen LogP contribution is 2.40. The largest absolute Gasteiger partial charge is 0.329 e. The van der Waals surface area contributed by atoms with E-state index < -0.39 is 0 Å². The molecule has 2 N–H and O–H groups in total. The van der Waals surface area contributed by atoms with Crippen molar-refractivity contribution in [2.24, 2.45) is 11.7 Å². The van der Waals surface area contributed by atoms with Gasteiger partial charge in [0.1, 0.15) is 0 Å². The zero-order valence-corrected chi connectivity index (χ0v) is 12.3. The second-order valence-corrected chi connectivity index (χ2v) is 6.50. The van der Waals surface area contributed by atoms with Crippen molar-refractivity contribution in [2.75, 3.05) is 13.1 Å². The summed E-state index contributed by atoms with van der Waals surface area (Å²) in [4.78, 5) is 2.66. The third-order valence-electron chi connectivity index (χ3n) is 4.07. The summed E-state index contributed by atoms with van der Waals surface area (Å²) in [5.74, 6) is 0.933. The van der Waals surface area contributed by atoms with Crippen LogP contribution in [0.1, 0.15) is 37.3 Å². The minimum atomic E-state index is 0.383. The van der Waals surface area contributed by atoms with Gasteiger partial charge in [0.15, 0.2) is 0 Å². The first kappa shape index (κ1) is 12.6. The van der Waals surface area contributed by atoms with E-state index in [0.29, 0.717) is 12.6 Å². The van der Waals surface area contributed by atoms with Gasteiger partial charge < -0.3 is 5.73 Å². The van der Waals surface area contributed by atoms with Gasteiger partial charge in [0.05, 0.1) is 0 Å². The Balaban J connectivity index is 1.82. The molecule has 2 fully saturated rings. The van der Waals surface area contributed by atoms with Crippen molar-refractivity contribution in [1.29, 1.82) is 0 Å². The van der Waals surface area contributed by atoms with Gasteiger partial charge in [-0.05, 0) is 43.2 Å². The summed E-state index contributed by atoms with van der Waals surface area (Å²) < 4.78 is 1.20. The summed E-state index contributed by atoms with van der Waals surface area (Å²) in [6.07, 6.45) is 5.54. The van der Waals surface area contributed by atoms with E-state index in [1.54, 1.807) is 0 Å². The molecule has 2 aliphatic rings. The highest BCUT2D eigenvalue weighted by molar-refractivity contribution is 9.10. The number of hydrogen-bond donors (Lipinski definition) is 1. The van der Waals surface area contributed by atoms with Gasteiger partial charge in [-0.1, -0.05) is 34.1 Å². The Morgan fingerprint density at radius 3 is 2.50 bits per heavy atom. The summed E-state index contributed by atoms with van der Waals surface area (Å²) >= 11 is 3.68. The van der Waals surface area contributed by atoms with Crippen LogP contribution in [-0.4, -0.2) is 24.0 Å². The van der Waals surface area contributed by atoms with Crippen molar-refractivity contribution < 1.29 is 0 Å². The van der Waals surface area contributed by atoms with E-state index >= 15 is 0 Å². The first-order chi connectivity index (χ1) is 8.79. The van der Waals surface area contributed by atoms with Crippen LogP contribution < -0.4 is 5.73 Å². The monoisotopic (exact) mass is 308 g/mol. The maximum Gasteiger partial charge on any atom is 0.0484 e. The molecular weight excluding hydrogens is 288 g/mol. The Labute approximate surface area is 118 Å². The van der Waals surface area contributed by atoms with Crippen molar-refractivity contribution in [2.45, 2.75) is 37.8 Å². The minimum Gasteiger partial charge on any atom is -0.329 e. The van der Waals surface area contributed by atoms with Crippen LogP contribution in [0.2, 0.25) is 0 Å². The van der Waals surface area contributed by atoms with E-state index in [1.165, 1.54) is 42.3 Å². The first-order valence-corrected chi connectivity index (χ1v) is 7.79. The van der Waals surface area contributed by atoms with Gasteiger partial charge in [-0.25, -0.2) is 0 Å². The molecule has 1 atom stereocenters. The number of benzene rings is 1. The van der Waals surface area contributed by atoms with E-state index in [4.69, 9.17) is 5.73 Å². The lowest BCUT2D eigenvalue weighted by molar-refractivity contribution is 0.182. The Hall–Kier alpha value is -0.380. The molecule has 2 saturated carbocycles. The molecule has 3 rings (SSSR count). The number of nitrogens with zero attached hydrogens (tertiary/aromatic N) is 1. The Bertz CT molecular complexity index is 413. The zero-order chi connectivity index (χ0) is 12.5. The van der Waals surface area contributed by atoms with Gasteiger partial charge in [-0.15, -0.1) is 0 Å².